The number of ether oxygens (including phenoxy) is 2. The Balaban J connectivity index is 2.44. The zero-order valence-electron chi connectivity index (χ0n) is 18.6. The van der Waals surface area contributed by atoms with Crippen molar-refractivity contribution in [2.24, 2.45) is 5.92 Å². The van der Waals surface area contributed by atoms with Crippen LogP contribution in [-0.4, -0.2) is 56.8 Å². The number of rotatable bonds is 9. The normalized spacial score (nSPS) is 19.7. The van der Waals surface area contributed by atoms with E-state index in [1.54, 1.807) is 13.8 Å². The molecule has 1 heterocycles. The summed E-state index contributed by atoms with van der Waals surface area (Å²) in [7, 11) is -6.92. The molecule has 0 spiro atoms. The number of amides is 1. The van der Waals surface area contributed by atoms with E-state index in [9.17, 15) is 39.6 Å². The molecule has 2 rings (SSSR count). The van der Waals surface area contributed by atoms with E-state index >= 15 is 4.39 Å². The molecule has 200 valence electrons. The van der Waals surface area contributed by atoms with Gasteiger partial charge in [-0.05, 0) is 24.5 Å². The van der Waals surface area contributed by atoms with E-state index in [-0.39, 0.29) is 25.6 Å². The van der Waals surface area contributed by atoms with Crippen molar-refractivity contribution in [2.45, 2.75) is 62.4 Å². The summed E-state index contributed by atoms with van der Waals surface area (Å²) in [5.74, 6) is -5.18. The highest BCUT2D eigenvalue weighted by Gasteiger charge is 2.73. The smallest absolute Gasteiger partial charge is 0.350 e. The molecule has 0 bridgehead atoms. The zero-order chi connectivity index (χ0) is 26.7. The average Bonchev–Trinajstić information content (AvgIpc) is 2.71. The lowest BCUT2D eigenvalue weighted by Gasteiger charge is -2.40. The lowest BCUT2D eigenvalue weighted by molar-refractivity contribution is -0.303. The molecule has 7 nitrogen and oxygen atoms in total. The minimum Gasteiger partial charge on any atom is -0.350 e. The Morgan fingerprint density at radius 2 is 1.57 bits per heavy atom. The summed E-state index contributed by atoms with van der Waals surface area (Å²) < 4.78 is 136. The summed E-state index contributed by atoms with van der Waals surface area (Å²) in [6.45, 7) is 3.04. The molecule has 1 fully saturated rings. The number of anilines is 1. The van der Waals surface area contributed by atoms with Crippen LogP contribution in [0.25, 0.3) is 0 Å². The highest BCUT2D eigenvalue weighted by atomic mass is 32.2. The molecule has 2 atom stereocenters. The third-order valence-electron chi connectivity index (χ3n) is 4.88. The molecule has 0 saturated carbocycles. The van der Waals surface area contributed by atoms with Gasteiger partial charge in [-0.1, -0.05) is 32.0 Å². The number of halogens is 7. The Morgan fingerprint density at radius 1 is 1.03 bits per heavy atom. The quantitative estimate of drug-likeness (QED) is 0.362. The van der Waals surface area contributed by atoms with Gasteiger partial charge < -0.3 is 14.8 Å². The first-order valence-electron chi connectivity index (χ1n) is 10.3. The minimum absolute atomic E-state index is 0.0703. The minimum atomic E-state index is -6.92. The molecule has 1 aromatic rings. The second kappa shape index (κ2) is 10.6. The van der Waals surface area contributed by atoms with E-state index in [2.05, 4.69) is 4.18 Å². The van der Waals surface area contributed by atoms with Gasteiger partial charge in [0.25, 0.3) is 5.91 Å². The first-order valence-corrected chi connectivity index (χ1v) is 11.7. The summed E-state index contributed by atoms with van der Waals surface area (Å²) >= 11 is 0. The number of hydrogen-bond acceptors (Lipinski definition) is 6. The number of carbonyl (C=O) groups excluding carboxylic acids is 1. The largest absolute Gasteiger partial charge is 0.449 e. The van der Waals surface area contributed by atoms with Crippen LogP contribution >= 0.6 is 0 Å². The maximum atomic E-state index is 15.1. The van der Waals surface area contributed by atoms with Gasteiger partial charge in [0, 0.05) is 18.5 Å². The molecule has 0 aliphatic carbocycles. The van der Waals surface area contributed by atoms with Gasteiger partial charge in [0.05, 0.1) is 13.2 Å². The van der Waals surface area contributed by atoms with Crippen LogP contribution in [0.2, 0.25) is 0 Å². The van der Waals surface area contributed by atoms with E-state index in [4.69, 9.17) is 9.47 Å². The number of alkyl halides is 7. The number of hydrogen-bond donors (Lipinski definition) is 1. The van der Waals surface area contributed by atoms with Crippen molar-refractivity contribution in [1.29, 1.82) is 0 Å². The predicted octanol–water partition coefficient (Wildman–Crippen LogP) is 4.70. The van der Waals surface area contributed by atoms with Crippen LogP contribution in [0, 0.1) is 5.92 Å². The highest BCUT2D eigenvalue weighted by Crippen LogP contribution is 2.44. The lowest BCUT2D eigenvalue weighted by Crippen LogP contribution is -2.59. The molecule has 1 N–H and O–H groups in total. The van der Waals surface area contributed by atoms with Crippen molar-refractivity contribution in [3.05, 3.63) is 30.3 Å². The monoisotopic (exact) mass is 539 g/mol. The van der Waals surface area contributed by atoms with E-state index in [0.717, 1.165) is 12.1 Å². The molecule has 1 saturated heterocycles. The standard InChI is InChI=1S/C20H24F7NO6S/c1-13(2)11-17(32-9-6-10-33-17)12-15(19(22,23)24)34-35(30,31)18(21,20(25,26)27)16(29)28-14-7-4-3-5-8-14/h3-5,7-8,13,15H,6,9-12H2,1-2H3,(H,28,29). The highest BCUT2D eigenvalue weighted by molar-refractivity contribution is 7.89. The molecule has 1 amide bonds. The third kappa shape index (κ3) is 6.83. The molecule has 1 aliphatic rings. The molecule has 1 aliphatic heterocycles. The van der Waals surface area contributed by atoms with Crippen molar-refractivity contribution in [3.63, 3.8) is 0 Å². The summed E-state index contributed by atoms with van der Waals surface area (Å²) in [6.07, 6.45) is -16.9. The lowest BCUT2D eigenvalue weighted by atomic mass is 9.96. The van der Waals surface area contributed by atoms with Crippen LogP contribution in [0.15, 0.2) is 30.3 Å². The second-order valence-corrected chi connectivity index (χ2v) is 9.92. The SMILES string of the molecule is CC(C)CC1(CC(OS(=O)(=O)C(F)(C(=O)Nc2ccccc2)C(F)(F)F)C(F)(F)F)OCCCO1. The Kier molecular flexibility index (Phi) is 8.83. The summed E-state index contributed by atoms with van der Waals surface area (Å²) in [5, 5.41) is -4.46. The molecule has 1 aromatic carbocycles. The zero-order valence-corrected chi connectivity index (χ0v) is 19.4. The molecular formula is C20H24F7NO6S. The molecule has 2 unspecified atom stereocenters. The van der Waals surface area contributed by atoms with Crippen LogP contribution in [-0.2, 0) is 28.6 Å². The summed E-state index contributed by atoms with van der Waals surface area (Å²) in [4.78, 5) is 12.2. The van der Waals surface area contributed by atoms with E-state index < -0.39 is 57.4 Å². The van der Waals surface area contributed by atoms with Crippen LogP contribution in [0.5, 0.6) is 0 Å². The van der Waals surface area contributed by atoms with Gasteiger partial charge >= 0.3 is 27.5 Å². The van der Waals surface area contributed by atoms with Crippen LogP contribution < -0.4 is 5.32 Å². The predicted molar refractivity (Wildman–Crippen MR) is 108 cm³/mol. The summed E-state index contributed by atoms with van der Waals surface area (Å²) in [5.41, 5.74) is -0.439. The van der Waals surface area contributed by atoms with Crippen LogP contribution in [0.4, 0.5) is 36.4 Å². The number of nitrogens with one attached hydrogen (secondary N) is 1. The van der Waals surface area contributed by atoms with Gasteiger partial charge in [-0.15, -0.1) is 0 Å². The van der Waals surface area contributed by atoms with Crippen molar-refractivity contribution >= 4 is 21.7 Å². The Labute approximate surface area is 197 Å². The van der Waals surface area contributed by atoms with Gasteiger partial charge in [0.1, 0.15) is 0 Å². The third-order valence-corrected chi connectivity index (χ3v) is 6.47. The van der Waals surface area contributed by atoms with Gasteiger partial charge in [-0.2, -0.15) is 34.8 Å². The molecule has 35 heavy (non-hydrogen) atoms. The second-order valence-electron chi connectivity index (χ2n) is 8.26. The van der Waals surface area contributed by atoms with E-state index in [1.807, 2.05) is 0 Å². The van der Waals surface area contributed by atoms with Crippen LogP contribution in [0.3, 0.4) is 0 Å². The Morgan fingerprint density at radius 3 is 2.03 bits per heavy atom. The fraction of sp³-hybridized carbons (Fsp3) is 0.650. The molecular weight excluding hydrogens is 515 g/mol. The van der Waals surface area contributed by atoms with E-state index in [0.29, 0.717) is 6.42 Å². The van der Waals surface area contributed by atoms with Gasteiger partial charge in [0.15, 0.2) is 11.9 Å². The maximum Gasteiger partial charge on any atom is 0.449 e. The van der Waals surface area contributed by atoms with Crippen molar-refractivity contribution < 1.29 is 57.6 Å². The Bertz CT molecular complexity index is 962. The first kappa shape index (κ1) is 29.3. The topological polar surface area (TPSA) is 90.9 Å². The number of para-hydroxylation sites is 1. The van der Waals surface area contributed by atoms with Crippen LogP contribution in [0.1, 0.15) is 33.1 Å². The Hall–Kier alpha value is -1.97. The summed E-state index contributed by atoms with van der Waals surface area (Å²) in [6, 6.07) is 5.86. The van der Waals surface area contributed by atoms with Gasteiger partial charge in [-0.3, -0.25) is 8.98 Å². The van der Waals surface area contributed by atoms with E-state index in [1.165, 1.54) is 23.5 Å². The average molecular weight is 539 g/mol. The fourth-order valence-electron chi connectivity index (χ4n) is 3.38. The molecule has 15 heteroatoms. The first-order chi connectivity index (χ1) is 15.9. The number of benzene rings is 1. The molecule has 0 aromatic heterocycles. The maximum absolute atomic E-state index is 15.1. The number of carbonyl (C=O) groups is 1. The fourth-order valence-corrected chi connectivity index (χ4v) is 4.56. The van der Waals surface area contributed by atoms with Crippen molar-refractivity contribution in [3.8, 4) is 0 Å². The van der Waals surface area contributed by atoms with Gasteiger partial charge in [0.2, 0.25) is 0 Å². The molecule has 0 radical (unpaired) electrons. The van der Waals surface area contributed by atoms with Gasteiger partial charge in [-0.25, -0.2) is 4.39 Å². The van der Waals surface area contributed by atoms with Crippen molar-refractivity contribution in [1.82, 2.24) is 0 Å². The van der Waals surface area contributed by atoms with Crippen molar-refractivity contribution in [2.75, 3.05) is 18.5 Å².